The number of imidazole rings is 1. The summed E-state index contributed by atoms with van der Waals surface area (Å²) in [5.41, 5.74) is 4.28. The van der Waals surface area contributed by atoms with Crippen LogP contribution in [0, 0.1) is 5.92 Å². The van der Waals surface area contributed by atoms with Gasteiger partial charge in [0.25, 0.3) is 0 Å². The van der Waals surface area contributed by atoms with Crippen LogP contribution in [0.3, 0.4) is 0 Å². The number of carbonyl (C=O) groups is 2. The molecule has 5 rings (SSSR count). The van der Waals surface area contributed by atoms with Gasteiger partial charge in [-0.1, -0.05) is 30.3 Å². The van der Waals surface area contributed by atoms with E-state index in [0.29, 0.717) is 13.1 Å². The number of piperidine rings is 1. The fourth-order valence-electron chi connectivity index (χ4n) is 4.70. The van der Waals surface area contributed by atoms with Gasteiger partial charge in [-0.05, 0) is 53.7 Å². The summed E-state index contributed by atoms with van der Waals surface area (Å²) in [6, 6.07) is 10.4. The van der Waals surface area contributed by atoms with Crippen LogP contribution < -0.4 is 0 Å². The fraction of sp³-hybridized carbons (Fsp3) is 0.292. The number of likely N-dealkylation sites (tertiary alicyclic amines) is 1. The zero-order chi connectivity index (χ0) is 19.8. The molecule has 5 heteroatoms. The average molecular weight is 385 g/mol. The second kappa shape index (κ2) is 7.32. The number of rotatable bonds is 4. The molecule has 2 heterocycles. The third-order valence-electron chi connectivity index (χ3n) is 6.17. The molecule has 1 amide bonds. The van der Waals surface area contributed by atoms with Crippen molar-refractivity contribution in [3.8, 4) is 0 Å². The molecule has 29 heavy (non-hydrogen) atoms. The highest BCUT2D eigenvalue weighted by atomic mass is 16.2. The summed E-state index contributed by atoms with van der Waals surface area (Å²) in [5, 5.41) is 2.34. The number of benzene rings is 2. The number of amides is 1. The van der Waals surface area contributed by atoms with Crippen molar-refractivity contribution in [2.75, 3.05) is 13.1 Å². The smallest absolute Gasteiger partial charge is 0.246 e. The van der Waals surface area contributed by atoms with E-state index < -0.39 is 0 Å². The number of hydrogen-bond acceptors (Lipinski definition) is 3. The Morgan fingerprint density at radius 2 is 2.00 bits per heavy atom. The van der Waals surface area contributed by atoms with Crippen LogP contribution in [-0.4, -0.2) is 39.6 Å². The van der Waals surface area contributed by atoms with Gasteiger partial charge in [-0.2, -0.15) is 0 Å². The van der Waals surface area contributed by atoms with E-state index in [0.717, 1.165) is 42.3 Å². The first-order chi connectivity index (χ1) is 14.2. The Labute approximate surface area is 169 Å². The highest BCUT2D eigenvalue weighted by molar-refractivity contribution is 6.11. The second-order valence-corrected chi connectivity index (χ2v) is 7.94. The maximum absolute atomic E-state index is 13.4. The molecule has 146 valence electrons. The van der Waals surface area contributed by atoms with Crippen LogP contribution in [0.15, 0.2) is 48.9 Å². The number of nitrogens with zero attached hydrogens (tertiary/aromatic N) is 2. The lowest BCUT2D eigenvalue weighted by Crippen LogP contribution is -2.41. The fourth-order valence-corrected chi connectivity index (χ4v) is 4.70. The van der Waals surface area contributed by atoms with Crippen LogP contribution in [0.25, 0.3) is 16.8 Å². The summed E-state index contributed by atoms with van der Waals surface area (Å²) in [5.74, 6) is -0.0418. The molecular weight excluding hydrogens is 362 g/mol. The second-order valence-electron chi connectivity index (χ2n) is 7.94. The molecule has 1 atom stereocenters. The van der Waals surface area contributed by atoms with Crippen molar-refractivity contribution in [1.82, 2.24) is 14.9 Å². The van der Waals surface area contributed by atoms with E-state index in [9.17, 15) is 9.59 Å². The van der Waals surface area contributed by atoms with Crippen molar-refractivity contribution in [3.05, 3.63) is 71.3 Å². The van der Waals surface area contributed by atoms with E-state index >= 15 is 0 Å². The standard InChI is InChI=1S/C24H23N3O2/c28-22(11-9-19-13-25-15-26-19)27-12-2-4-18(14-27)24(29)21-10-8-17-7-6-16-3-1-5-20(21)23(16)17/h1,3,5,8-11,13,15,18H,2,4,6-7,12,14H2,(H,25,26)/b11-9+/t18-/m1/s1. The number of aromatic nitrogens is 2. The Balaban J connectivity index is 1.37. The third kappa shape index (κ3) is 3.27. The lowest BCUT2D eigenvalue weighted by Gasteiger charge is -2.31. The van der Waals surface area contributed by atoms with Crippen LogP contribution in [0.2, 0.25) is 0 Å². The topological polar surface area (TPSA) is 66.1 Å². The first-order valence-electron chi connectivity index (χ1n) is 10.2. The molecule has 0 spiro atoms. The molecule has 0 radical (unpaired) electrons. The molecule has 1 fully saturated rings. The Hall–Kier alpha value is -3.21. The molecule has 3 aromatic rings. The van der Waals surface area contributed by atoms with Crippen molar-refractivity contribution in [2.45, 2.75) is 25.7 Å². The van der Waals surface area contributed by atoms with Gasteiger partial charge >= 0.3 is 0 Å². The van der Waals surface area contributed by atoms with Crippen molar-refractivity contribution < 1.29 is 9.59 Å². The normalized spacial score (nSPS) is 18.6. The average Bonchev–Trinajstić information content (AvgIpc) is 3.43. The Morgan fingerprint density at radius 3 is 2.83 bits per heavy atom. The maximum Gasteiger partial charge on any atom is 0.246 e. The van der Waals surface area contributed by atoms with E-state index in [2.05, 4.69) is 34.2 Å². The maximum atomic E-state index is 13.4. The van der Waals surface area contributed by atoms with Crippen LogP contribution in [0.4, 0.5) is 0 Å². The summed E-state index contributed by atoms with van der Waals surface area (Å²) in [6.07, 6.45) is 10.3. The number of carbonyl (C=O) groups excluding carboxylic acids is 2. The highest BCUT2D eigenvalue weighted by Crippen LogP contribution is 2.34. The highest BCUT2D eigenvalue weighted by Gasteiger charge is 2.30. The van der Waals surface area contributed by atoms with Gasteiger partial charge in [-0.3, -0.25) is 9.59 Å². The van der Waals surface area contributed by atoms with E-state index in [1.165, 1.54) is 16.5 Å². The number of ketones is 1. The predicted octanol–water partition coefficient (Wildman–Crippen LogP) is 3.80. The minimum absolute atomic E-state index is 0.0579. The predicted molar refractivity (Wildman–Crippen MR) is 113 cm³/mol. The van der Waals surface area contributed by atoms with E-state index in [1.54, 1.807) is 29.6 Å². The SMILES string of the molecule is O=C(c1ccc2c3c(cccc13)CC2)[C@@H]1CCCN(C(=O)/C=C/c2cnc[nH]2)C1. The number of aromatic amines is 1. The molecule has 1 saturated heterocycles. The first kappa shape index (κ1) is 17.9. The van der Waals surface area contributed by atoms with Crippen molar-refractivity contribution in [2.24, 2.45) is 5.92 Å². The molecule has 1 aliphatic carbocycles. The molecule has 5 nitrogen and oxygen atoms in total. The Kier molecular flexibility index (Phi) is 4.51. The van der Waals surface area contributed by atoms with Gasteiger partial charge in [-0.25, -0.2) is 4.98 Å². The minimum atomic E-state index is -0.147. The molecule has 2 aromatic carbocycles. The molecule has 1 N–H and O–H groups in total. The van der Waals surface area contributed by atoms with E-state index in [1.807, 2.05) is 6.07 Å². The molecule has 0 bridgehead atoms. The Bertz CT molecular complexity index is 1100. The van der Waals surface area contributed by atoms with Gasteiger partial charge in [0.15, 0.2) is 5.78 Å². The molecule has 0 unspecified atom stereocenters. The van der Waals surface area contributed by atoms with Crippen LogP contribution in [-0.2, 0) is 17.6 Å². The van der Waals surface area contributed by atoms with Gasteiger partial charge < -0.3 is 9.88 Å². The van der Waals surface area contributed by atoms with Crippen molar-refractivity contribution in [1.29, 1.82) is 0 Å². The van der Waals surface area contributed by atoms with Gasteiger partial charge in [-0.15, -0.1) is 0 Å². The van der Waals surface area contributed by atoms with Crippen molar-refractivity contribution >= 4 is 28.5 Å². The number of H-pyrrole nitrogens is 1. The molecule has 2 aliphatic rings. The third-order valence-corrected chi connectivity index (χ3v) is 6.17. The van der Waals surface area contributed by atoms with Crippen LogP contribution in [0.5, 0.6) is 0 Å². The van der Waals surface area contributed by atoms with Gasteiger partial charge in [0, 0.05) is 30.6 Å². The number of hydrogen-bond donors (Lipinski definition) is 1. The summed E-state index contributed by atoms with van der Waals surface area (Å²) in [4.78, 5) is 34.7. The number of Topliss-reactive ketones (excluding diaryl/α,β-unsaturated/α-hetero) is 1. The van der Waals surface area contributed by atoms with Gasteiger partial charge in [0.1, 0.15) is 0 Å². The summed E-state index contributed by atoms with van der Waals surface area (Å²) in [7, 11) is 0. The lowest BCUT2D eigenvalue weighted by atomic mass is 9.87. The summed E-state index contributed by atoms with van der Waals surface area (Å²) >= 11 is 0. The largest absolute Gasteiger partial charge is 0.345 e. The number of aryl methyl sites for hydroxylation is 2. The summed E-state index contributed by atoms with van der Waals surface area (Å²) in [6.45, 7) is 1.17. The zero-order valence-corrected chi connectivity index (χ0v) is 16.2. The van der Waals surface area contributed by atoms with E-state index in [-0.39, 0.29) is 17.6 Å². The van der Waals surface area contributed by atoms with Crippen molar-refractivity contribution in [3.63, 3.8) is 0 Å². The lowest BCUT2D eigenvalue weighted by molar-refractivity contribution is -0.127. The minimum Gasteiger partial charge on any atom is -0.345 e. The molecule has 0 saturated carbocycles. The van der Waals surface area contributed by atoms with Crippen LogP contribution >= 0.6 is 0 Å². The number of nitrogens with one attached hydrogen (secondary N) is 1. The summed E-state index contributed by atoms with van der Waals surface area (Å²) < 4.78 is 0. The first-order valence-corrected chi connectivity index (χ1v) is 10.2. The monoisotopic (exact) mass is 385 g/mol. The quantitative estimate of drug-likeness (QED) is 0.549. The Morgan fingerprint density at radius 1 is 1.14 bits per heavy atom. The molecule has 1 aliphatic heterocycles. The van der Waals surface area contributed by atoms with Gasteiger partial charge in [0.05, 0.1) is 18.2 Å². The van der Waals surface area contributed by atoms with Gasteiger partial charge in [0.2, 0.25) is 5.91 Å². The molecule has 1 aromatic heterocycles. The van der Waals surface area contributed by atoms with Crippen LogP contribution in [0.1, 0.15) is 40.0 Å². The zero-order valence-electron chi connectivity index (χ0n) is 16.2. The molecular formula is C24H23N3O2. The van der Waals surface area contributed by atoms with E-state index in [4.69, 9.17) is 0 Å².